The second-order valence-corrected chi connectivity index (χ2v) is 8.59. The summed E-state index contributed by atoms with van der Waals surface area (Å²) in [5.74, 6) is -0.469. The van der Waals surface area contributed by atoms with Crippen molar-refractivity contribution in [1.82, 2.24) is 9.88 Å². The first-order valence-corrected chi connectivity index (χ1v) is 11.1. The molecule has 6 nitrogen and oxygen atoms in total. The molecule has 2 N–H and O–H groups in total. The molecule has 4 aromatic rings. The Hall–Kier alpha value is -3.55. The topological polar surface area (TPSA) is 74.3 Å². The van der Waals surface area contributed by atoms with Gasteiger partial charge in [-0.2, -0.15) is 0 Å². The number of fused-ring (bicyclic) bond motifs is 1. The largest absolute Gasteiger partial charge is 0.324 e. The van der Waals surface area contributed by atoms with Crippen LogP contribution in [0.3, 0.4) is 0 Å². The van der Waals surface area contributed by atoms with Crippen LogP contribution in [0.4, 0.5) is 11.4 Å². The number of hydrogen-bond donors (Lipinski definition) is 2. The van der Waals surface area contributed by atoms with E-state index in [4.69, 9.17) is 4.98 Å². The molecule has 0 saturated heterocycles. The van der Waals surface area contributed by atoms with Crippen molar-refractivity contribution in [3.05, 3.63) is 89.4 Å². The van der Waals surface area contributed by atoms with Crippen molar-refractivity contribution in [2.75, 3.05) is 24.2 Å². The minimum Gasteiger partial charge on any atom is -0.324 e. The fourth-order valence-corrected chi connectivity index (χ4v) is 4.41. The zero-order valence-corrected chi connectivity index (χ0v) is 18.7. The summed E-state index contributed by atoms with van der Waals surface area (Å²) in [6, 6.07) is 24.2. The lowest BCUT2D eigenvalue weighted by Gasteiger charge is -2.22. The number of aromatic nitrogens is 1. The van der Waals surface area contributed by atoms with Crippen LogP contribution in [0.25, 0.3) is 10.2 Å². The van der Waals surface area contributed by atoms with Gasteiger partial charge >= 0.3 is 0 Å². The van der Waals surface area contributed by atoms with E-state index in [1.165, 1.54) is 0 Å². The summed E-state index contributed by atoms with van der Waals surface area (Å²) in [5, 5.41) is 6.70. The SMILES string of the molecule is C[C@@H](c1nc2ccccc2s1)N(C)CC(=O)Nc1ccccc1C(=O)Nc1ccccc1. The van der Waals surface area contributed by atoms with Crippen molar-refractivity contribution < 1.29 is 9.59 Å². The number of para-hydroxylation sites is 3. The van der Waals surface area contributed by atoms with Crippen LogP contribution in [0.15, 0.2) is 78.9 Å². The van der Waals surface area contributed by atoms with E-state index in [1.807, 2.05) is 73.5 Å². The molecule has 32 heavy (non-hydrogen) atoms. The lowest BCUT2D eigenvalue weighted by atomic mass is 10.1. The highest BCUT2D eigenvalue weighted by Crippen LogP contribution is 2.28. The number of thiazole rings is 1. The quantitative estimate of drug-likeness (QED) is 0.412. The molecule has 0 radical (unpaired) electrons. The summed E-state index contributed by atoms with van der Waals surface area (Å²) in [6.45, 7) is 2.21. The highest BCUT2D eigenvalue weighted by Gasteiger charge is 2.20. The molecule has 0 aliphatic carbocycles. The molecular weight excluding hydrogens is 420 g/mol. The van der Waals surface area contributed by atoms with E-state index in [-0.39, 0.29) is 24.4 Å². The second-order valence-electron chi connectivity index (χ2n) is 7.52. The van der Waals surface area contributed by atoms with E-state index in [2.05, 4.69) is 10.6 Å². The third-order valence-corrected chi connectivity index (χ3v) is 6.41. The molecule has 1 heterocycles. The van der Waals surface area contributed by atoms with Crippen LogP contribution in [0, 0.1) is 0 Å². The van der Waals surface area contributed by atoms with Crippen LogP contribution >= 0.6 is 11.3 Å². The smallest absolute Gasteiger partial charge is 0.257 e. The molecule has 162 valence electrons. The third-order valence-electron chi connectivity index (χ3n) is 5.20. The maximum Gasteiger partial charge on any atom is 0.257 e. The number of carbonyl (C=O) groups excluding carboxylic acids is 2. The van der Waals surface area contributed by atoms with Crippen molar-refractivity contribution in [3.8, 4) is 0 Å². The fourth-order valence-electron chi connectivity index (χ4n) is 3.32. The highest BCUT2D eigenvalue weighted by molar-refractivity contribution is 7.18. The first kappa shape index (κ1) is 21.7. The zero-order valence-electron chi connectivity index (χ0n) is 17.9. The first-order chi connectivity index (χ1) is 15.5. The van der Waals surface area contributed by atoms with Gasteiger partial charge in [0.25, 0.3) is 5.91 Å². The molecule has 0 unspecified atom stereocenters. The van der Waals surface area contributed by atoms with Gasteiger partial charge in [-0.1, -0.05) is 42.5 Å². The van der Waals surface area contributed by atoms with Gasteiger partial charge in [0.2, 0.25) is 5.91 Å². The van der Waals surface area contributed by atoms with Crippen molar-refractivity contribution in [3.63, 3.8) is 0 Å². The second kappa shape index (κ2) is 9.72. The van der Waals surface area contributed by atoms with E-state index in [1.54, 1.807) is 35.6 Å². The van der Waals surface area contributed by atoms with Crippen LogP contribution in [0.2, 0.25) is 0 Å². The number of benzene rings is 3. The minimum atomic E-state index is -0.275. The number of rotatable bonds is 7. The van der Waals surface area contributed by atoms with E-state index in [9.17, 15) is 9.59 Å². The van der Waals surface area contributed by atoms with Gasteiger partial charge in [-0.25, -0.2) is 4.98 Å². The number of amides is 2. The monoisotopic (exact) mass is 444 g/mol. The molecule has 1 aromatic heterocycles. The van der Waals surface area contributed by atoms with Gasteiger partial charge in [0.05, 0.1) is 34.1 Å². The number of hydrogen-bond acceptors (Lipinski definition) is 5. The highest BCUT2D eigenvalue weighted by atomic mass is 32.1. The summed E-state index contributed by atoms with van der Waals surface area (Å²) >= 11 is 1.63. The normalized spacial score (nSPS) is 12.0. The number of anilines is 2. The Kier molecular flexibility index (Phi) is 6.58. The molecule has 7 heteroatoms. The molecule has 0 bridgehead atoms. The Labute approximate surface area is 190 Å². The Morgan fingerprint density at radius 1 is 0.938 bits per heavy atom. The third kappa shape index (κ3) is 5.01. The number of likely N-dealkylation sites (N-methyl/N-ethyl adjacent to an activating group) is 1. The molecule has 0 aliphatic heterocycles. The molecule has 0 saturated carbocycles. The average Bonchev–Trinajstić information content (AvgIpc) is 3.23. The lowest BCUT2D eigenvalue weighted by Crippen LogP contribution is -2.32. The number of carbonyl (C=O) groups is 2. The van der Waals surface area contributed by atoms with Crippen molar-refractivity contribution >= 4 is 44.7 Å². The van der Waals surface area contributed by atoms with Gasteiger partial charge in [-0.05, 0) is 50.4 Å². The fraction of sp³-hybridized carbons (Fsp3) is 0.160. The summed E-state index contributed by atoms with van der Waals surface area (Å²) in [6.07, 6.45) is 0. The predicted octanol–water partition coefficient (Wildman–Crippen LogP) is 5.18. The Morgan fingerprint density at radius 3 is 2.41 bits per heavy atom. The summed E-state index contributed by atoms with van der Waals surface area (Å²) < 4.78 is 1.13. The van der Waals surface area contributed by atoms with Gasteiger partial charge in [0.15, 0.2) is 0 Å². The molecule has 1 atom stereocenters. The van der Waals surface area contributed by atoms with E-state index in [0.717, 1.165) is 15.2 Å². The van der Waals surface area contributed by atoms with Gasteiger partial charge in [0.1, 0.15) is 5.01 Å². The molecular formula is C25H24N4O2S. The first-order valence-electron chi connectivity index (χ1n) is 10.3. The maximum absolute atomic E-state index is 12.8. The molecule has 3 aromatic carbocycles. The predicted molar refractivity (Wildman–Crippen MR) is 130 cm³/mol. The number of nitrogens with one attached hydrogen (secondary N) is 2. The lowest BCUT2D eigenvalue weighted by molar-refractivity contribution is -0.117. The summed E-state index contributed by atoms with van der Waals surface area (Å²) in [7, 11) is 1.89. The van der Waals surface area contributed by atoms with Crippen LogP contribution in [-0.2, 0) is 4.79 Å². The van der Waals surface area contributed by atoms with Crippen LogP contribution in [0.5, 0.6) is 0 Å². The average molecular weight is 445 g/mol. The minimum absolute atomic E-state index is 0.0187. The van der Waals surface area contributed by atoms with E-state index >= 15 is 0 Å². The Bertz CT molecular complexity index is 1210. The van der Waals surface area contributed by atoms with Gasteiger partial charge < -0.3 is 10.6 Å². The van der Waals surface area contributed by atoms with Crippen LogP contribution in [-0.4, -0.2) is 35.3 Å². The van der Waals surface area contributed by atoms with Gasteiger partial charge in [-0.3, -0.25) is 14.5 Å². The van der Waals surface area contributed by atoms with Crippen molar-refractivity contribution in [1.29, 1.82) is 0 Å². The van der Waals surface area contributed by atoms with Crippen molar-refractivity contribution in [2.24, 2.45) is 0 Å². The Morgan fingerprint density at radius 2 is 1.62 bits per heavy atom. The Balaban J connectivity index is 1.42. The van der Waals surface area contributed by atoms with Crippen LogP contribution < -0.4 is 10.6 Å². The van der Waals surface area contributed by atoms with Gasteiger partial charge in [0, 0.05) is 5.69 Å². The summed E-state index contributed by atoms with van der Waals surface area (Å²) in [4.78, 5) is 32.1. The standard InChI is InChI=1S/C25H24N4O2S/c1-17(25-28-21-14-8-9-15-22(21)32-25)29(2)16-23(30)27-20-13-7-6-12-19(20)24(31)26-18-10-4-3-5-11-18/h3-15,17H,16H2,1-2H3,(H,26,31)(H,27,30)/t17-/m0/s1. The van der Waals surface area contributed by atoms with Crippen molar-refractivity contribution in [2.45, 2.75) is 13.0 Å². The summed E-state index contributed by atoms with van der Waals surface area (Å²) in [5.41, 5.74) is 2.55. The van der Waals surface area contributed by atoms with Gasteiger partial charge in [-0.15, -0.1) is 11.3 Å². The molecule has 2 amide bonds. The molecule has 0 aliphatic rings. The van der Waals surface area contributed by atoms with E-state index < -0.39 is 0 Å². The van der Waals surface area contributed by atoms with Crippen LogP contribution in [0.1, 0.15) is 28.3 Å². The van der Waals surface area contributed by atoms with E-state index in [0.29, 0.717) is 16.9 Å². The molecule has 0 spiro atoms. The molecule has 4 rings (SSSR count). The maximum atomic E-state index is 12.8. The molecule has 0 fully saturated rings. The number of nitrogens with zero attached hydrogens (tertiary/aromatic N) is 2. The zero-order chi connectivity index (χ0) is 22.5.